The predicted molar refractivity (Wildman–Crippen MR) is 82.0 cm³/mol. The van der Waals surface area contributed by atoms with Crippen molar-refractivity contribution in [2.45, 2.75) is 32.2 Å². The average Bonchev–Trinajstić information content (AvgIpc) is 2.46. The third-order valence-corrected chi connectivity index (χ3v) is 3.75. The van der Waals surface area contributed by atoms with Crippen molar-refractivity contribution in [2.24, 2.45) is 0 Å². The SMILES string of the molecule is CNC(C)CCCc1cccc2cccc(OC)c12. The Bertz CT molecular complexity index is 531. The minimum Gasteiger partial charge on any atom is -0.496 e. The summed E-state index contributed by atoms with van der Waals surface area (Å²) in [6.45, 7) is 2.23. The van der Waals surface area contributed by atoms with Gasteiger partial charge in [-0.3, -0.25) is 0 Å². The molecule has 1 N–H and O–H groups in total. The summed E-state index contributed by atoms with van der Waals surface area (Å²) in [4.78, 5) is 0. The van der Waals surface area contributed by atoms with E-state index in [0.717, 1.165) is 12.2 Å². The van der Waals surface area contributed by atoms with E-state index in [1.54, 1.807) is 7.11 Å². The summed E-state index contributed by atoms with van der Waals surface area (Å²) >= 11 is 0. The van der Waals surface area contributed by atoms with E-state index in [1.807, 2.05) is 19.2 Å². The molecule has 0 saturated heterocycles. The molecule has 0 fully saturated rings. The van der Waals surface area contributed by atoms with Crippen molar-refractivity contribution >= 4 is 10.8 Å². The van der Waals surface area contributed by atoms with E-state index >= 15 is 0 Å². The van der Waals surface area contributed by atoms with Crippen LogP contribution in [0.25, 0.3) is 10.8 Å². The monoisotopic (exact) mass is 257 g/mol. The van der Waals surface area contributed by atoms with Gasteiger partial charge in [0.15, 0.2) is 0 Å². The van der Waals surface area contributed by atoms with Gasteiger partial charge in [0.25, 0.3) is 0 Å². The van der Waals surface area contributed by atoms with E-state index in [1.165, 1.54) is 29.2 Å². The molecule has 2 rings (SSSR count). The van der Waals surface area contributed by atoms with Crippen LogP contribution in [0.15, 0.2) is 36.4 Å². The summed E-state index contributed by atoms with van der Waals surface area (Å²) in [5.41, 5.74) is 1.39. The minimum absolute atomic E-state index is 0.580. The number of rotatable bonds is 6. The van der Waals surface area contributed by atoms with E-state index in [2.05, 4.69) is 36.5 Å². The van der Waals surface area contributed by atoms with Gasteiger partial charge in [0.05, 0.1) is 7.11 Å². The first kappa shape index (κ1) is 13.9. The molecular formula is C17H23NO. The van der Waals surface area contributed by atoms with Crippen LogP contribution in [0.4, 0.5) is 0 Å². The second kappa shape index (κ2) is 6.58. The molecule has 1 atom stereocenters. The average molecular weight is 257 g/mol. The van der Waals surface area contributed by atoms with Gasteiger partial charge in [-0.25, -0.2) is 0 Å². The molecular weight excluding hydrogens is 234 g/mol. The van der Waals surface area contributed by atoms with E-state index < -0.39 is 0 Å². The van der Waals surface area contributed by atoms with Gasteiger partial charge in [0.1, 0.15) is 5.75 Å². The Labute approximate surface area is 115 Å². The molecule has 0 aliphatic heterocycles. The number of aryl methyl sites for hydroxylation is 1. The Morgan fingerprint density at radius 2 is 1.89 bits per heavy atom. The smallest absolute Gasteiger partial charge is 0.126 e. The first-order chi connectivity index (χ1) is 9.26. The number of ether oxygens (including phenoxy) is 1. The van der Waals surface area contributed by atoms with Gasteiger partial charge < -0.3 is 10.1 Å². The van der Waals surface area contributed by atoms with E-state index in [-0.39, 0.29) is 0 Å². The van der Waals surface area contributed by atoms with E-state index in [4.69, 9.17) is 4.74 Å². The van der Waals surface area contributed by atoms with Crippen molar-refractivity contribution in [2.75, 3.05) is 14.2 Å². The topological polar surface area (TPSA) is 21.3 Å². The first-order valence-corrected chi connectivity index (χ1v) is 6.98. The van der Waals surface area contributed by atoms with Crippen molar-refractivity contribution in [3.8, 4) is 5.75 Å². The van der Waals surface area contributed by atoms with Crippen molar-refractivity contribution < 1.29 is 4.74 Å². The lowest BCUT2D eigenvalue weighted by molar-refractivity contribution is 0.419. The zero-order chi connectivity index (χ0) is 13.7. The Morgan fingerprint density at radius 3 is 2.58 bits per heavy atom. The van der Waals surface area contributed by atoms with Crippen LogP contribution in [0.5, 0.6) is 5.75 Å². The molecule has 2 aromatic carbocycles. The van der Waals surface area contributed by atoms with E-state index in [0.29, 0.717) is 6.04 Å². The van der Waals surface area contributed by atoms with Crippen LogP contribution in [0, 0.1) is 0 Å². The fourth-order valence-electron chi connectivity index (χ4n) is 2.50. The van der Waals surface area contributed by atoms with Crippen LogP contribution < -0.4 is 10.1 Å². The van der Waals surface area contributed by atoms with Gasteiger partial charge in [-0.05, 0) is 50.2 Å². The Hall–Kier alpha value is -1.54. The number of hydrogen-bond acceptors (Lipinski definition) is 2. The molecule has 0 aliphatic rings. The molecule has 0 saturated carbocycles. The molecule has 0 spiro atoms. The molecule has 0 amide bonds. The van der Waals surface area contributed by atoms with Crippen molar-refractivity contribution in [3.05, 3.63) is 42.0 Å². The number of methoxy groups -OCH3 is 1. The highest BCUT2D eigenvalue weighted by atomic mass is 16.5. The maximum absolute atomic E-state index is 5.50. The zero-order valence-electron chi connectivity index (χ0n) is 12.1. The molecule has 0 heterocycles. The number of nitrogens with one attached hydrogen (secondary N) is 1. The summed E-state index contributed by atoms with van der Waals surface area (Å²) in [5, 5.41) is 5.82. The highest BCUT2D eigenvalue weighted by molar-refractivity contribution is 5.91. The fraction of sp³-hybridized carbons (Fsp3) is 0.412. The van der Waals surface area contributed by atoms with Crippen LogP contribution in [0.1, 0.15) is 25.3 Å². The van der Waals surface area contributed by atoms with Crippen LogP contribution in [0.2, 0.25) is 0 Å². The molecule has 0 aromatic heterocycles. The lowest BCUT2D eigenvalue weighted by Crippen LogP contribution is -2.20. The highest BCUT2D eigenvalue weighted by Crippen LogP contribution is 2.29. The maximum atomic E-state index is 5.50. The molecule has 2 heteroatoms. The lowest BCUT2D eigenvalue weighted by atomic mass is 9.98. The third kappa shape index (κ3) is 3.27. The fourth-order valence-corrected chi connectivity index (χ4v) is 2.50. The Kier molecular flexibility index (Phi) is 4.80. The van der Waals surface area contributed by atoms with Crippen molar-refractivity contribution in [3.63, 3.8) is 0 Å². The predicted octanol–water partition coefficient (Wildman–Crippen LogP) is 3.78. The van der Waals surface area contributed by atoms with Gasteiger partial charge in [-0.1, -0.05) is 30.3 Å². The summed E-state index contributed by atoms with van der Waals surface area (Å²) in [5.74, 6) is 0.981. The summed E-state index contributed by atoms with van der Waals surface area (Å²) in [6, 6.07) is 13.3. The largest absolute Gasteiger partial charge is 0.496 e. The number of hydrogen-bond donors (Lipinski definition) is 1. The first-order valence-electron chi connectivity index (χ1n) is 6.98. The van der Waals surface area contributed by atoms with Crippen molar-refractivity contribution in [1.82, 2.24) is 5.32 Å². The molecule has 19 heavy (non-hydrogen) atoms. The van der Waals surface area contributed by atoms with Crippen LogP contribution in [-0.4, -0.2) is 20.2 Å². The lowest BCUT2D eigenvalue weighted by Gasteiger charge is -2.12. The Morgan fingerprint density at radius 1 is 1.16 bits per heavy atom. The number of benzene rings is 2. The minimum atomic E-state index is 0.580. The van der Waals surface area contributed by atoms with Crippen molar-refractivity contribution in [1.29, 1.82) is 0 Å². The molecule has 0 aliphatic carbocycles. The second-order valence-electron chi connectivity index (χ2n) is 5.06. The van der Waals surface area contributed by atoms with E-state index in [9.17, 15) is 0 Å². The third-order valence-electron chi connectivity index (χ3n) is 3.75. The molecule has 2 aromatic rings. The Balaban J connectivity index is 2.22. The van der Waals surface area contributed by atoms with Crippen LogP contribution in [0.3, 0.4) is 0 Å². The van der Waals surface area contributed by atoms with Crippen LogP contribution >= 0.6 is 0 Å². The standard InChI is InChI=1S/C17H23NO/c1-13(18-2)7-4-8-14-9-5-10-15-11-6-12-16(19-3)17(14)15/h5-6,9-13,18H,4,7-8H2,1-3H3. The van der Waals surface area contributed by atoms with Gasteiger partial charge in [0.2, 0.25) is 0 Å². The highest BCUT2D eigenvalue weighted by Gasteiger charge is 2.07. The van der Waals surface area contributed by atoms with Gasteiger partial charge in [-0.15, -0.1) is 0 Å². The molecule has 0 radical (unpaired) electrons. The maximum Gasteiger partial charge on any atom is 0.126 e. The molecule has 2 nitrogen and oxygen atoms in total. The van der Waals surface area contributed by atoms with Gasteiger partial charge in [0, 0.05) is 11.4 Å². The normalized spacial score (nSPS) is 12.6. The zero-order valence-corrected chi connectivity index (χ0v) is 12.1. The second-order valence-corrected chi connectivity index (χ2v) is 5.06. The van der Waals surface area contributed by atoms with Gasteiger partial charge in [-0.2, -0.15) is 0 Å². The van der Waals surface area contributed by atoms with Gasteiger partial charge >= 0.3 is 0 Å². The summed E-state index contributed by atoms with van der Waals surface area (Å²) in [7, 11) is 3.76. The van der Waals surface area contributed by atoms with Crippen LogP contribution in [-0.2, 0) is 6.42 Å². The molecule has 1 unspecified atom stereocenters. The summed E-state index contributed by atoms with van der Waals surface area (Å²) < 4.78 is 5.50. The molecule has 0 bridgehead atoms. The molecule has 102 valence electrons. The quantitative estimate of drug-likeness (QED) is 0.850. The number of fused-ring (bicyclic) bond motifs is 1. The summed E-state index contributed by atoms with van der Waals surface area (Å²) in [6.07, 6.45) is 3.49.